The lowest BCUT2D eigenvalue weighted by molar-refractivity contribution is 0.0552. The van der Waals surface area contributed by atoms with Crippen molar-refractivity contribution in [2.24, 2.45) is 11.8 Å². The highest BCUT2D eigenvalue weighted by atomic mass is 16.5. The van der Waals surface area contributed by atoms with Gasteiger partial charge in [0.2, 0.25) is 0 Å². The van der Waals surface area contributed by atoms with Crippen molar-refractivity contribution in [3.05, 3.63) is 0 Å². The number of hydrogen-bond acceptors (Lipinski definition) is 2. The zero-order valence-corrected chi connectivity index (χ0v) is 9.30. The third-order valence-electron chi connectivity index (χ3n) is 4.02. The SMILES string of the molecule is CNC(CC1CCOCC1)C1CCC1. The first-order valence-electron chi connectivity index (χ1n) is 6.15. The minimum absolute atomic E-state index is 0.784. The molecule has 1 unspecified atom stereocenters. The molecule has 1 saturated heterocycles. The Morgan fingerprint density at radius 1 is 1.21 bits per heavy atom. The van der Waals surface area contributed by atoms with Gasteiger partial charge < -0.3 is 10.1 Å². The van der Waals surface area contributed by atoms with Crippen molar-refractivity contribution in [2.45, 2.75) is 44.6 Å². The Morgan fingerprint density at radius 3 is 2.43 bits per heavy atom. The number of nitrogens with one attached hydrogen (secondary N) is 1. The van der Waals surface area contributed by atoms with Crippen LogP contribution < -0.4 is 5.32 Å². The topological polar surface area (TPSA) is 21.3 Å². The molecular formula is C12H23NO. The molecule has 0 aromatic rings. The van der Waals surface area contributed by atoms with Gasteiger partial charge in [-0.1, -0.05) is 6.42 Å². The van der Waals surface area contributed by atoms with E-state index in [0.29, 0.717) is 0 Å². The van der Waals surface area contributed by atoms with Crippen LogP contribution in [0.4, 0.5) is 0 Å². The van der Waals surface area contributed by atoms with Crippen LogP contribution in [-0.2, 0) is 4.74 Å². The molecule has 1 heterocycles. The highest BCUT2D eigenvalue weighted by molar-refractivity contribution is 4.84. The lowest BCUT2D eigenvalue weighted by Gasteiger charge is -2.36. The van der Waals surface area contributed by atoms with Crippen molar-refractivity contribution in [3.63, 3.8) is 0 Å². The summed E-state index contributed by atoms with van der Waals surface area (Å²) in [6.07, 6.45) is 8.31. The van der Waals surface area contributed by atoms with Crippen LogP contribution >= 0.6 is 0 Å². The first-order chi connectivity index (χ1) is 6.90. The predicted molar refractivity (Wildman–Crippen MR) is 58.3 cm³/mol. The summed E-state index contributed by atoms with van der Waals surface area (Å²) in [5, 5.41) is 3.51. The summed E-state index contributed by atoms with van der Waals surface area (Å²) in [6.45, 7) is 1.98. The highest BCUT2D eigenvalue weighted by Gasteiger charge is 2.28. The van der Waals surface area contributed by atoms with Crippen LogP contribution in [0.1, 0.15) is 38.5 Å². The Labute approximate surface area is 87.4 Å². The summed E-state index contributed by atoms with van der Waals surface area (Å²) in [7, 11) is 2.13. The van der Waals surface area contributed by atoms with Crippen LogP contribution in [0.5, 0.6) is 0 Å². The van der Waals surface area contributed by atoms with E-state index in [2.05, 4.69) is 12.4 Å². The Kier molecular flexibility index (Phi) is 3.82. The lowest BCUT2D eigenvalue weighted by Crippen LogP contribution is -2.39. The second-order valence-corrected chi connectivity index (χ2v) is 4.88. The fraction of sp³-hybridized carbons (Fsp3) is 1.00. The molecule has 0 spiro atoms. The van der Waals surface area contributed by atoms with Crippen LogP contribution in [0.2, 0.25) is 0 Å². The maximum absolute atomic E-state index is 5.40. The molecule has 2 nitrogen and oxygen atoms in total. The van der Waals surface area contributed by atoms with Crippen molar-refractivity contribution in [1.29, 1.82) is 0 Å². The van der Waals surface area contributed by atoms with Crippen LogP contribution in [0.15, 0.2) is 0 Å². The molecule has 14 heavy (non-hydrogen) atoms. The molecule has 1 saturated carbocycles. The van der Waals surface area contributed by atoms with Gasteiger partial charge in [-0.3, -0.25) is 0 Å². The molecule has 0 radical (unpaired) electrons. The van der Waals surface area contributed by atoms with Gasteiger partial charge >= 0.3 is 0 Å². The smallest absolute Gasteiger partial charge is 0.0468 e. The maximum atomic E-state index is 5.40. The molecule has 82 valence electrons. The average molecular weight is 197 g/mol. The van der Waals surface area contributed by atoms with Gasteiger partial charge in [0, 0.05) is 19.3 Å². The van der Waals surface area contributed by atoms with Gasteiger partial charge in [-0.2, -0.15) is 0 Å². The van der Waals surface area contributed by atoms with E-state index in [9.17, 15) is 0 Å². The van der Waals surface area contributed by atoms with Gasteiger partial charge in [0.1, 0.15) is 0 Å². The molecule has 1 aliphatic carbocycles. The minimum atomic E-state index is 0.784. The lowest BCUT2D eigenvalue weighted by atomic mass is 9.76. The van der Waals surface area contributed by atoms with Gasteiger partial charge in [0.15, 0.2) is 0 Å². The van der Waals surface area contributed by atoms with E-state index in [-0.39, 0.29) is 0 Å². The Hall–Kier alpha value is -0.0800. The molecule has 1 aliphatic heterocycles. The fourth-order valence-corrected chi connectivity index (χ4v) is 2.73. The van der Waals surface area contributed by atoms with Crippen LogP contribution in [0.25, 0.3) is 0 Å². The second-order valence-electron chi connectivity index (χ2n) is 4.88. The van der Waals surface area contributed by atoms with Gasteiger partial charge in [0.05, 0.1) is 0 Å². The molecule has 1 atom stereocenters. The summed E-state index contributed by atoms with van der Waals surface area (Å²) in [6, 6.07) is 0.784. The summed E-state index contributed by atoms with van der Waals surface area (Å²) in [5.41, 5.74) is 0. The quantitative estimate of drug-likeness (QED) is 0.746. The first kappa shape index (κ1) is 10.4. The van der Waals surface area contributed by atoms with E-state index < -0.39 is 0 Å². The van der Waals surface area contributed by atoms with E-state index >= 15 is 0 Å². The van der Waals surface area contributed by atoms with Gasteiger partial charge in [-0.05, 0) is 51.0 Å². The van der Waals surface area contributed by atoms with Crippen molar-refractivity contribution < 1.29 is 4.74 Å². The zero-order chi connectivity index (χ0) is 9.80. The highest BCUT2D eigenvalue weighted by Crippen LogP contribution is 2.33. The third kappa shape index (κ3) is 2.48. The van der Waals surface area contributed by atoms with Crippen LogP contribution in [0, 0.1) is 11.8 Å². The molecule has 2 fully saturated rings. The van der Waals surface area contributed by atoms with Gasteiger partial charge in [-0.25, -0.2) is 0 Å². The summed E-state index contributed by atoms with van der Waals surface area (Å²) < 4.78 is 5.40. The summed E-state index contributed by atoms with van der Waals surface area (Å²) in [5.74, 6) is 1.89. The standard InChI is InChI=1S/C12H23NO/c1-13-12(11-3-2-4-11)9-10-5-7-14-8-6-10/h10-13H,2-9H2,1H3. The van der Waals surface area contributed by atoms with Crippen LogP contribution in [0.3, 0.4) is 0 Å². The summed E-state index contributed by atoms with van der Waals surface area (Å²) in [4.78, 5) is 0. The predicted octanol–water partition coefficient (Wildman–Crippen LogP) is 2.19. The first-order valence-corrected chi connectivity index (χ1v) is 6.15. The maximum Gasteiger partial charge on any atom is 0.0468 e. The fourth-order valence-electron chi connectivity index (χ4n) is 2.73. The minimum Gasteiger partial charge on any atom is -0.381 e. The van der Waals surface area contributed by atoms with Gasteiger partial charge in [-0.15, -0.1) is 0 Å². The molecule has 0 bridgehead atoms. The molecule has 1 N–H and O–H groups in total. The van der Waals surface area contributed by atoms with Crippen molar-refractivity contribution >= 4 is 0 Å². The average Bonchev–Trinajstić information content (AvgIpc) is 2.15. The number of ether oxygens (including phenoxy) is 1. The van der Waals surface area contributed by atoms with E-state index in [1.54, 1.807) is 0 Å². The van der Waals surface area contributed by atoms with Gasteiger partial charge in [0.25, 0.3) is 0 Å². The molecule has 0 amide bonds. The number of rotatable bonds is 4. The largest absolute Gasteiger partial charge is 0.381 e. The Morgan fingerprint density at radius 2 is 1.93 bits per heavy atom. The molecular weight excluding hydrogens is 174 g/mol. The third-order valence-corrected chi connectivity index (χ3v) is 4.02. The number of hydrogen-bond donors (Lipinski definition) is 1. The van der Waals surface area contributed by atoms with Crippen molar-refractivity contribution in [3.8, 4) is 0 Å². The van der Waals surface area contributed by atoms with E-state index in [4.69, 9.17) is 4.74 Å². The second kappa shape index (κ2) is 5.13. The Bertz CT molecular complexity index is 162. The molecule has 2 heteroatoms. The molecule has 2 rings (SSSR count). The Balaban J connectivity index is 1.74. The monoisotopic (exact) mass is 197 g/mol. The van der Waals surface area contributed by atoms with E-state index in [0.717, 1.165) is 31.1 Å². The van der Waals surface area contributed by atoms with E-state index in [1.807, 2.05) is 0 Å². The molecule has 0 aromatic heterocycles. The van der Waals surface area contributed by atoms with E-state index in [1.165, 1.54) is 38.5 Å². The molecule has 2 aliphatic rings. The molecule has 0 aromatic carbocycles. The normalized spacial score (nSPS) is 27.2. The summed E-state index contributed by atoms with van der Waals surface area (Å²) >= 11 is 0. The zero-order valence-electron chi connectivity index (χ0n) is 9.30. The van der Waals surface area contributed by atoms with Crippen molar-refractivity contribution in [1.82, 2.24) is 5.32 Å². The van der Waals surface area contributed by atoms with Crippen molar-refractivity contribution in [2.75, 3.05) is 20.3 Å². The van der Waals surface area contributed by atoms with Crippen LogP contribution in [-0.4, -0.2) is 26.3 Å².